The van der Waals surface area contributed by atoms with Gasteiger partial charge in [-0.3, -0.25) is 0 Å². The van der Waals surface area contributed by atoms with E-state index in [-0.39, 0.29) is 6.09 Å². The highest BCUT2D eigenvalue weighted by molar-refractivity contribution is 5.67. The van der Waals surface area contributed by atoms with Gasteiger partial charge in [-0.05, 0) is 39.0 Å². The summed E-state index contributed by atoms with van der Waals surface area (Å²) in [5, 5.41) is 0. The second-order valence-corrected chi connectivity index (χ2v) is 3.41. The molecule has 0 saturated heterocycles. The van der Waals surface area contributed by atoms with Crippen molar-refractivity contribution in [3.8, 4) is 0 Å². The third-order valence-electron chi connectivity index (χ3n) is 2.51. The van der Waals surface area contributed by atoms with E-state index in [1.807, 2.05) is 14.0 Å². The Morgan fingerprint density at radius 2 is 2.15 bits per heavy atom. The fraction of sp³-hybridized carbons (Fsp3) is 0.800. The Labute approximate surface area is 80.1 Å². The Balaban J connectivity index is 2.35. The Kier molecular flexibility index (Phi) is 4.06. The largest absolute Gasteiger partial charge is 0.450 e. The molecule has 0 heterocycles. The van der Waals surface area contributed by atoms with Crippen LogP contribution in [0, 0.1) is 6.42 Å². The molecule has 1 fully saturated rings. The number of carbonyl (C=O) groups is 1. The number of ether oxygens (including phenoxy) is 1. The molecule has 13 heavy (non-hydrogen) atoms. The van der Waals surface area contributed by atoms with E-state index in [2.05, 4.69) is 6.42 Å². The molecule has 1 aliphatic rings. The highest BCUT2D eigenvalue weighted by atomic mass is 16.6. The Bertz CT molecular complexity index is 164. The van der Waals surface area contributed by atoms with Crippen LogP contribution in [0.25, 0.3) is 0 Å². The highest BCUT2D eigenvalue weighted by Crippen LogP contribution is 2.21. The molecule has 0 aromatic heterocycles. The molecule has 1 amide bonds. The van der Waals surface area contributed by atoms with Gasteiger partial charge in [-0.15, -0.1) is 0 Å². The molecule has 75 valence electrons. The Morgan fingerprint density at radius 3 is 2.69 bits per heavy atom. The lowest BCUT2D eigenvalue weighted by Gasteiger charge is -2.30. The molecule has 0 atom stereocenters. The summed E-state index contributed by atoms with van der Waals surface area (Å²) in [6.45, 7) is 2.29. The van der Waals surface area contributed by atoms with E-state index in [0.717, 1.165) is 25.7 Å². The molecule has 0 unspecified atom stereocenters. The first-order valence-electron chi connectivity index (χ1n) is 4.97. The van der Waals surface area contributed by atoms with Crippen LogP contribution in [0.5, 0.6) is 0 Å². The zero-order chi connectivity index (χ0) is 9.68. The summed E-state index contributed by atoms with van der Waals surface area (Å²) < 4.78 is 4.93. The van der Waals surface area contributed by atoms with Crippen molar-refractivity contribution < 1.29 is 9.53 Å². The van der Waals surface area contributed by atoms with Crippen LogP contribution in [0.4, 0.5) is 4.79 Å². The molecular weight excluding hydrogens is 166 g/mol. The molecule has 0 aromatic carbocycles. The van der Waals surface area contributed by atoms with Gasteiger partial charge in [0.05, 0.1) is 6.61 Å². The summed E-state index contributed by atoms with van der Waals surface area (Å²) in [5.41, 5.74) is 0. The third-order valence-corrected chi connectivity index (χ3v) is 2.51. The van der Waals surface area contributed by atoms with Gasteiger partial charge in [-0.1, -0.05) is 0 Å². The Hall–Kier alpha value is -0.730. The van der Waals surface area contributed by atoms with Gasteiger partial charge in [0, 0.05) is 13.1 Å². The molecule has 0 N–H and O–H groups in total. The topological polar surface area (TPSA) is 29.5 Å². The van der Waals surface area contributed by atoms with Crippen molar-refractivity contribution in [1.29, 1.82) is 0 Å². The lowest BCUT2D eigenvalue weighted by atomic mass is 9.95. The van der Waals surface area contributed by atoms with E-state index in [4.69, 9.17) is 4.74 Å². The van der Waals surface area contributed by atoms with Gasteiger partial charge < -0.3 is 9.64 Å². The van der Waals surface area contributed by atoms with Crippen LogP contribution in [-0.4, -0.2) is 30.7 Å². The fourth-order valence-electron chi connectivity index (χ4n) is 1.67. The predicted molar refractivity (Wildman–Crippen MR) is 51.3 cm³/mol. The van der Waals surface area contributed by atoms with E-state index in [1.54, 1.807) is 4.90 Å². The third kappa shape index (κ3) is 2.90. The average molecular weight is 184 g/mol. The molecule has 1 rings (SSSR count). The van der Waals surface area contributed by atoms with Crippen LogP contribution < -0.4 is 0 Å². The van der Waals surface area contributed by atoms with Gasteiger partial charge in [-0.2, -0.15) is 0 Å². The maximum absolute atomic E-state index is 11.3. The van der Waals surface area contributed by atoms with Gasteiger partial charge in [0.25, 0.3) is 0 Å². The first-order chi connectivity index (χ1) is 6.25. The number of hydrogen-bond donors (Lipinski definition) is 0. The second kappa shape index (κ2) is 5.10. The number of carbonyl (C=O) groups excluding carboxylic acids is 1. The minimum Gasteiger partial charge on any atom is -0.450 e. The first kappa shape index (κ1) is 10.4. The quantitative estimate of drug-likeness (QED) is 0.658. The average Bonchev–Trinajstić information content (AvgIpc) is 2.18. The van der Waals surface area contributed by atoms with Crippen molar-refractivity contribution in [3.63, 3.8) is 0 Å². The summed E-state index contributed by atoms with van der Waals surface area (Å²) in [4.78, 5) is 13.1. The molecule has 1 radical (unpaired) electrons. The molecule has 0 spiro atoms. The zero-order valence-corrected chi connectivity index (χ0v) is 8.45. The summed E-state index contributed by atoms with van der Waals surface area (Å²) in [7, 11) is 1.83. The van der Waals surface area contributed by atoms with Crippen molar-refractivity contribution in [2.45, 2.75) is 38.6 Å². The van der Waals surface area contributed by atoms with E-state index < -0.39 is 0 Å². The lowest BCUT2D eigenvalue weighted by Crippen LogP contribution is -2.38. The van der Waals surface area contributed by atoms with Crippen molar-refractivity contribution in [3.05, 3.63) is 6.42 Å². The molecule has 1 saturated carbocycles. The smallest absolute Gasteiger partial charge is 0.409 e. The van der Waals surface area contributed by atoms with Crippen molar-refractivity contribution in [1.82, 2.24) is 4.90 Å². The monoisotopic (exact) mass is 184 g/mol. The number of amides is 1. The SMILES string of the molecule is CCOC(=O)N(C)C1CC[CH]CC1. The highest BCUT2D eigenvalue weighted by Gasteiger charge is 2.22. The van der Waals surface area contributed by atoms with E-state index in [1.165, 1.54) is 0 Å². The van der Waals surface area contributed by atoms with E-state index in [9.17, 15) is 4.79 Å². The van der Waals surface area contributed by atoms with Gasteiger partial charge in [-0.25, -0.2) is 4.79 Å². The second-order valence-electron chi connectivity index (χ2n) is 3.41. The zero-order valence-electron chi connectivity index (χ0n) is 8.45. The molecule has 3 heteroatoms. The number of nitrogens with zero attached hydrogens (tertiary/aromatic N) is 1. The normalized spacial score (nSPS) is 18.3. The number of hydrogen-bond acceptors (Lipinski definition) is 2. The minimum absolute atomic E-state index is 0.186. The molecule has 0 bridgehead atoms. The Morgan fingerprint density at radius 1 is 1.54 bits per heavy atom. The molecule has 0 aromatic rings. The maximum Gasteiger partial charge on any atom is 0.409 e. The van der Waals surface area contributed by atoms with Crippen LogP contribution in [0.2, 0.25) is 0 Å². The summed E-state index contributed by atoms with van der Waals surface area (Å²) in [6, 6.07) is 0.379. The van der Waals surface area contributed by atoms with Crippen LogP contribution >= 0.6 is 0 Å². The van der Waals surface area contributed by atoms with Crippen molar-refractivity contribution >= 4 is 6.09 Å². The van der Waals surface area contributed by atoms with E-state index in [0.29, 0.717) is 12.6 Å². The summed E-state index contributed by atoms with van der Waals surface area (Å²) >= 11 is 0. The van der Waals surface area contributed by atoms with Gasteiger partial charge in [0.15, 0.2) is 0 Å². The fourth-order valence-corrected chi connectivity index (χ4v) is 1.67. The molecular formula is C10H18NO2. The first-order valence-corrected chi connectivity index (χ1v) is 4.97. The molecule has 3 nitrogen and oxygen atoms in total. The standard InChI is InChI=1S/C10H18NO2/c1-3-13-10(12)11(2)9-7-5-4-6-8-9/h4,9H,3,5-8H2,1-2H3. The lowest BCUT2D eigenvalue weighted by molar-refractivity contribution is 0.0956. The van der Waals surface area contributed by atoms with Crippen molar-refractivity contribution in [2.75, 3.05) is 13.7 Å². The van der Waals surface area contributed by atoms with Crippen LogP contribution in [0.3, 0.4) is 0 Å². The summed E-state index contributed by atoms with van der Waals surface area (Å²) in [5.74, 6) is 0. The summed E-state index contributed by atoms with van der Waals surface area (Å²) in [6.07, 6.45) is 6.50. The van der Waals surface area contributed by atoms with Crippen molar-refractivity contribution in [2.24, 2.45) is 0 Å². The maximum atomic E-state index is 11.3. The van der Waals surface area contributed by atoms with Crippen LogP contribution in [0.15, 0.2) is 0 Å². The van der Waals surface area contributed by atoms with Crippen LogP contribution in [-0.2, 0) is 4.74 Å². The van der Waals surface area contributed by atoms with Crippen LogP contribution in [0.1, 0.15) is 32.6 Å². The molecule has 0 aliphatic heterocycles. The predicted octanol–water partition coefficient (Wildman–Crippen LogP) is 2.22. The van der Waals surface area contributed by atoms with Gasteiger partial charge >= 0.3 is 6.09 Å². The van der Waals surface area contributed by atoms with Gasteiger partial charge in [0.1, 0.15) is 0 Å². The number of rotatable bonds is 2. The minimum atomic E-state index is -0.186. The van der Waals surface area contributed by atoms with Gasteiger partial charge in [0.2, 0.25) is 0 Å². The van der Waals surface area contributed by atoms with E-state index >= 15 is 0 Å². The molecule has 1 aliphatic carbocycles.